The van der Waals surface area contributed by atoms with Crippen LogP contribution in [-0.4, -0.2) is 27.8 Å². The summed E-state index contributed by atoms with van der Waals surface area (Å²) in [6.07, 6.45) is 0. The van der Waals surface area contributed by atoms with Crippen molar-refractivity contribution in [3.63, 3.8) is 0 Å². The van der Waals surface area contributed by atoms with E-state index >= 15 is 0 Å². The van der Waals surface area contributed by atoms with Crippen molar-refractivity contribution in [3.8, 4) is 0 Å². The summed E-state index contributed by atoms with van der Waals surface area (Å²) in [5.41, 5.74) is 1.48. The second-order valence-corrected chi connectivity index (χ2v) is 5.99. The fourth-order valence-corrected chi connectivity index (χ4v) is 2.68. The fourth-order valence-electron chi connectivity index (χ4n) is 2.50. The van der Waals surface area contributed by atoms with Crippen LogP contribution in [0.1, 0.15) is 16.1 Å². The molecule has 0 fully saturated rings. The highest BCUT2D eigenvalue weighted by atomic mass is 35.5. The molecule has 0 saturated heterocycles. The Balaban J connectivity index is 1.84. The van der Waals surface area contributed by atoms with Gasteiger partial charge in [-0.2, -0.15) is 0 Å². The zero-order valence-electron chi connectivity index (χ0n) is 13.3. The van der Waals surface area contributed by atoms with Crippen LogP contribution in [0.4, 0.5) is 5.69 Å². The molecule has 0 radical (unpaired) electrons. The number of carbonyl (C=O) groups is 1. The summed E-state index contributed by atoms with van der Waals surface area (Å²) in [5.74, 6) is -0.284. The first-order valence-electron chi connectivity index (χ1n) is 7.50. The Morgan fingerprint density at radius 2 is 1.96 bits per heavy atom. The molecule has 25 heavy (non-hydrogen) atoms. The summed E-state index contributed by atoms with van der Waals surface area (Å²) < 4.78 is 0. The van der Waals surface area contributed by atoms with E-state index in [1.807, 2.05) is 30.3 Å². The first kappa shape index (κ1) is 16.9. The lowest BCUT2D eigenvalue weighted by atomic mass is 10.1. The smallest absolute Gasteiger partial charge is 0.272 e. The molecule has 1 aromatic heterocycles. The van der Waals surface area contributed by atoms with Gasteiger partial charge in [-0.1, -0.05) is 35.9 Å². The summed E-state index contributed by atoms with van der Waals surface area (Å²) in [6, 6.07) is 15.2. The van der Waals surface area contributed by atoms with Gasteiger partial charge in [-0.3, -0.25) is 14.9 Å². The van der Waals surface area contributed by atoms with Crippen molar-refractivity contribution in [1.29, 1.82) is 0 Å². The topological polar surface area (TPSA) is 76.3 Å². The number of aromatic nitrogens is 1. The van der Waals surface area contributed by atoms with Gasteiger partial charge in [0.1, 0.15) is 5.69 Å². The third-order valence-electron chi connectivity index (χ3n) is 3.81. The largest absolute Gasteiger partial charge is 0.336 e. The molecule has 1 amide bonds. The average Bonchev–Trinajstić information content (AvgIpc) is 2.62. The molecule has 0 N–H and O–H groups in total. The molecule has 0 spiro atoms. The third kappa shape index (κ3) is 3.59. The Labute approximate surface area is 148 Å². The fraction of sp³-hybridized carbons (Fsp3) is 0.111. The SMILES string of the molecule is CN(Cc1cc([N+](=O)[O-])ccc1Cl)C(=O)c1ccc2ccccc2n1. The molecule has 6 nitrogen and oxygen atoms in total. The van der Waals surface area contributed by atoms with Gasteiger partial charge in [-0.25, -0.2) is 4.98 Å². The van der Waals surface area contributed by atoms with E-state index < -0.39 is 4.92 Å². The van der Waals surface area contributed by atoms with E-state index in [0.29, 0.717) is 16.3 Å². The van der Waals surface area contributed by atoms with Crippen molar-refractivity contribution < 1.29 is 9.72 Å². The molecule has 0 saturated carbocycles. The molecule has 0 aliphatic rings. The number of pyridine rings is 1. The van der Waals surface area contributed by atoms with Crippen LogP contribution in [0.25, 0.3) is 10.9 Å². The van der Waals surface area contributed by atoms with Crippen LogP contribution >= 0.6 is 11.6 Å². The summed E-state index contributed by atoms with van der Waals surface area (Å²) >= 11 is 6.10. The second-order valence-electron chi connectivity index (χ2n) is 5.58. The molecule has 3 rings (SSSR count). The number of amides is 1. The molecule has 0 bridgehead atoms. The number of carbonyl (C=O) groups excluding carboxylic acids is 1. The van der Waals surface area contributed by atoms with Gasteiger partial charge in [0.25, 0.3) is 11.6 Å². The maximum absolute atomic E-state index is 12.6. The van der Waals surface area contributed by atoms with Crippen LogP contribution in [0.5, 0.6) is 0 Å². The molecule has 0 atom stereocenters. The Kier molecular flexibility index (Phi) is 4.63. The number of hydrogen-bond donors (Lipinski definition) is 0. The lowest BCUT2D eigenvalue weighted by molar-refractivity contribution is -0.384. The zero-order chi connectivity index (χ0) is 18.0. The van der Waals surface area contributed by atoms with E-state index in [-0.39, 0.29) is 18.1 Å². The maximum atomic E-state index is 12.6. The Hall–Kier alpha value is -2.99. The number of hydrogen-bond acceptors (Lipinski definition) is 4. The van der Waals surface area contributed by atoms with Crippen molar-refractivity contribution in [1.82, 2.24) is 9.88 Å². The molecule has 0 aliphatic carbocycles. The monoisotopic (exact) mass is 355 g/mol. The normalized spacial score (nSPS) is 10.6. The number of fused-ring (bicyclic) bond motifs is 1. The van der Waals surface area contributed by atoms with Crippen molar-refractivity contribution in [2.24, 2.45) is 0 Å². The Morgan fingerprint density at radius 3 is 2.72 bits per heavy atom. The van der Waals surface area contributed by atoms with Crippen LogP contribution < -0.4 is 0 Å². The number of para-hydroxylation sites is 1. The number of non-ortho nitro benzene ring substituents is 1. The average molecular weight is 356 g/mol. The first-order chi connectivity index (χ1) is 12.0. The lowest BCUT2D eigenvalue weighted by Crippen LogP contribution is -2.27. The van der Waals surface area contributed by atoms with Crippen molar-refractivity contribution in [3.05, 3.63) is 81.0 Å². The Bertz CT molecular complexity index is 975. The standard InChI is InChI=1S/C18H14ClN3O3/c1-21(11-13-10-14(22(24)25)7-8-15(13)19)18(23)17-9-6-12-4-2-3-5-16(12)20-17/h2-10H,11H2,1H3. The van der Waals surface area contributed by atoms with Gasteiger partial charge in [-0.15, -0.1) is 0 Å². The van der Waals surface area contributed by atoms with Gasteiger partial charge in [0.15, 0.2) is 0 Å². The molecule has 7 heteroatoms. The van der Waals surface area contributed by atoms with Crippen molar-refractivity contribution >= 4 is 34.1 Å². The minimum Gasteiger partial charge on any atom is -0.336 e. The van der Waals surface area contributed by atoms with Crippen LogP contribution in [0.2, 0.25) is 5.02 Å². The van der Waals surface area contributed by atoms with Crippen LogP contribution in [0, 0.1) is 10.1 Å². The lowest BCUT2D eigenvalue weighted by Gasteiger charge is -2.17. The van der Waals surface area contributed by atoms with E-state index in [9.17, 15) is 14.9 Å². The van der Waals surface area contributed by atoms with Gasteiger partial charge in [0.2, 0.25) is 0 Å². The van der Waals surface area contributed by atoms with Crippen LogP contribution in [0.3, 0.4) is 0 Å². The number of rotatable bonds is 4. The highest BCUT2D eigenvalue weighted by Gasteiger charge is 2.17. The predicted octanol–water partition coefficient (Wildman–Crippen LogP) is 4.07. The zero-order valence-corrected chi connectivity index (χ0v) is 14.1. The van der Waals surface area contributed by atoms with E-state index in [4.69, 9.17) is 11.6 Å². The van der Waals surface area contributed by atoms with Gasteiger partial charge in [-0.05, 0) is 23.8 Å². The number of halogens is 1. The number of benzene rings is 2. The summed E-state index contributed by atoms with van der Waals surface area (Å²) in [6.45, 7) is 0.147. The van der Waals surface area contributed by atoms with Gasteiger partial charge >= 0.3 is 0 Å². The van der Waals surface area contributed by atoms with E-state index in [1.54, 1.807) is 13.1 Å². The van der Waals surface area contributed by atoms with E-state index in [0.717, 1.165) is 10.9 Å². The maximum Gasteiger partial charge on any atom is 0.272 e. The molecule has 126 valence electrons. The minimum absolute atomic E-state index is 0.0657. The number of nitro benzene ring substituents is 1. The molecule has 0 aliphatic heterocycles. The van der Waals surface area contributed by atoms with Crippen molar-refractivity contribution in [2.45, 2.75) is 6.54 Å². The first-order valence-corrected chi connectivity index (χ1v) is 7.87. The molecule has 1 heterocycles. The summed E-state index contributed by atoms with van der Waals surface area (Å²) in [7, 11) is 1.61. The predicted molar refractivity (Wildman–Crippen MR) is 95.6 cm³/mol. The quantitative estimate of drug-likeness (QED) is 0.522. The van der Waals surface area contributed by atoms with Gasteiger partial charge < -0.3 is 4.90 Å². The number of nitro groups is 1. The Morgan fingerprint density at radius 1 is 1.20 bits per heavy atom. The summed E-state index contributed by atoms with van der Waals surface area (Å²) in [4.78, 5) is 28.8. The molecular formula is C18H14ClN3O3. The second kappa shape index (κ2) is 6.86. The molecule has 3 aromatic rings. The summed E-state index contributed by atoms with van der Waals surface area (Å²) in [5, 5.41) is 12.2. The molecular weight excluding hydrogens is 342 g/mol. The molecule has 2 aromatic carbocycles. The van der Waals surface area contributed by atoms with Gasteiger partial charge in [0, 0.05) is 36.1 Å². The van der Waals surface area contributed by atoms with Crippen molar-refractivity contribution in [2.75, 3.05) is 7.05 Å². The highest BCUT2D eigenvalue weighted by Crippen LogP contribution is 2.23. The number of nitrogens with zero attached hydrogens (tertiary/aromatic N) is 3. The van der Waals surface area contributed by atoms with E-state index in [1.165, 1.54) is 23.1 Å². The van der Waals surface area contributed by atoms with Crippen LogP contribution in [0.15, 0.2) is 54.6 Å². The minimum atomic E-state index is -0.494. The molecule has 0 unspecified atom stereocenters. The highest BCUT2D eigenvalue weighted by molar-refractivity contribution is 6.31. The van der Waals surface area contributed by atoms with Gasteiger partial charge in [0.05, 0.1) is 10.4 Å². The van der Waals surface area contributed by atoms with E-state index in [2.05, 4.69) is 4.98 Å². The third-order valence-corrected chi connectivity index (χ3v) is 4.18. The van der Waals surface area contributed by atoms with Crippen LogP contribution in [-0.2, 0) is 6.54 Å².